The lowest BCUT2D eigenvalue weighted by Gasteiger charge is -2.33. The van der Waals surface area contributed by atoms with Crippen LogP contribution in [-0.2, 0) is 5.60 Å². The van der Waals surface area contributed by atoms with Gasteiger partial charge >= 0.3 is 0 Å². The SMILES string of the molecule is N#Cc1ccc(C2(O)CCCNC2)cc1. The first kappa shape index (κ1) is 10.2. The number of piperidine rings is 1. The summed E-state index contributed by atoms with van der Waals surface area (Å²) < 4.78 is 0. The molecule has 0 aliphatic carbocycles. The number of nitrogens with one attached hydrogen (secondary N) is 1. The molecular weight excluding hydrogens is 188 g/mol. The Morgan fingerprint density at radius 2 is 2.07 bits per heavy atom. The second-order valence-corrected chi connectivity index (χ2v) is 4.00. The lowest BCUT2D eigenvalue weighted by atomic mass is 9.86. The summed E-state index contributed by atoms with van der Waals surface area (Å²) in [6.07, 6.45) is 1.77. The molecule has 0 amide bonds. The normalized spacial score (nSPS) is 25.9. The zero-order valence-corrected chi connectivity index (χ0v) is 8.53. The van der Waals surface area contributed by atoms with Crippen LogP contribution in [0.25, 0.3) is 0 Å². The molecule has 1 heterocycles. The Hall–Kier alpha value is -1.37. The molecule has 0 aromatic heterocycles. The molecule has 3 nitrogen and oxygen atoms in total. The van der Waals surface area contributed by atoms with Crippen LogP contribution in [0.5, 0.6) is 0 Å². The average Bonchev–Trinajstić information content (AvgIpc) is 2.30. The van der Waals surface area contributed by atoms with Gasteiger partial charge in [0.15, 0.2) is 0 Å². The molecule has 1 fully saturated rings. The summed E-state index contributed by atoms with van der Waals surface area (Å²) in [6, 6.07) is 9.25. The molecule has 0 spiro atoms. The van der Waals surface area contributed by atoms with Crippen LogP contribution < -0.4 is 5.32 Å². The van der Waals surface area contributed by atoms with Crippen LogP contribution >= 0.6 is 0 Å². The molecule has 2 N–H and O–H groups in total. The van der Waals surface area contributed by atoms with E-state index >= 15 is 0 Å². The lowest BCUT2D eigenvalue weighted by molar-refractivity contribution is 0.0123. The number of nitrogens with zero attached hydrogens (tertiary/aromatic N) is 1. The molecule has 1 atom stereocenters. The largest absolute Gasteiger partial charge is 0.384 e. The van der Waals surface area contributed by atoms with Crippen molar-refractivity contribution >= 4 is 0 Å². The highest BCUT2D eigenvalue weighted by Crippen LogP contribution is 2.28. The predicted molar refractivity (Wildman–Crippen MR) is 57.2 cm³/mol. The van der Waals surface area contributed by atoms with Crippen molar-refractivity contribution in [2.75, 3.05) is 13.1 Å². The van der Waals surface area contributed by atoms with E-state index in [9.17, 15) is 5.11 Å². The van der Waals surface area contributed by atoms with Crippen molar-refractivity contribution in [3.63, 3.8) is 0 Å². The van der Waals surface area contributed by atoms with E-state index in [4.69, 9.17) is 5.26 Å². The number of hydrogen-bond donors (Lipinski definition) is 2. The zero-order chi connectivity index (χ0) is 10.7. The maximum atomic E-state index is 10.4. The number of aliphatic hydroxyl groups is 1. The van der Waals surface area contributed by atoms with Gasteiger partial charge in [0, 0.05) is 6.54 Å². The van der Waals surface area contributed by atoms with Gasteiger partial charge in [0.25, 0.3) is 0 Å². The third kappa shape index (κ3) is 2.01. The first-order chi connectivity index (χ1) is 7.24. The van der Waals surface area contributed by atoms with Crippen LogP contribution in [0.2, 0.25) is 0 Å². The quantitative estimate of drug-likeness (QED) is 0.717. The molecule has 0 radical (unpaired) electrons. The minimum atomic E-state index is -0.758. The third-order valence-corrected chi connectivity index (χ3v) is 2.91. The highest BCUT2D eigenvalue weighted by molar-refractivity contribution is 5.34. The first-order valence-electron chi connectivity index (χ1n) is 5.18. The van der Waals surface area contributed by atoms with E-state index in [-0.39, 0.29) is 0 Å². The molecule has 2 rings (SSSR count). The van der Waals surface area contributed by atoms with Crippen molar-refractivity contribution in [2.45, 2.75) is 18.4 Å². The van der Waals surface area contributed by atoms with Gasteiger partial charge in [0.1, 0.15) is 5.60 Å². The van der Waals surface area contributed by atoms with Crippen molar-refractivity contribution in [1.29, 1.82) is 5.26 Å². The molecule has 0 saturated carbocycles. The Morgan fingerprint density at radius 3 is 2.60 bits per heavy atom. The van der Waals surface area contributed by atoms with E-state index in [1.54, 1.807) is 12.1 Å². The van der Waals surface area contributed by atoms with E-state index in [2.05, 4.69) is 11.4 Å². The topological polar surface area (TPSA) is 56.0 Å². The van der Waals surface area contributed by atoms with Gasteiger partial charge in [-0.25, -0.2) is 0 Å². The number of β-amino-alcohol motifs (C(OH)–C–C–N with tert-alkyl or cyclic N) is 1. The lowest BCUT2D eigenvalue weighted by Crippen LogP contribution is -2.43. The third-order valence-electron chi connectivity index (χ3n) is 2.91. The van der Waals surface area contributed by atoms with Gasteiger partial charge in [-0.2, -0.15) is 5.26 Å². The molecule has 1 aromatic rings. The number of benzene rings is 1. The van der Waals surface area contributed by atoms with Crippen LogP contribution in [0.3, 0.4) is 0 Å². The fourth-order valence-corrected chi connectivity index (χ4v) is 1.99. The standard InChI is InChI=1S/C12H14N2O/c13-8-10-2-4-11(5-3-10)12(15)6-1-7-14-9-12/h2-5,14-15H,1,6-7,9H2. The van der Waals surface area contributed by atoms with Crippen molar-refractivity contribution in [1.82, 2.24) is 5.32 Å². The van der Waals surface area contributed by atoms with Gasteiger partial charge in [-0.15, -0.1) is 0 Å². The van der Waals surface area contributed by atoms with Crippen LogP contribution in [0.15, 0.2) is 24.3 Å². The number of hydrogen-bond acceptors (Lipinski definition) is 3. The number of rotatable bonds is 1. The van der Waals surface area contributed by atoms with Gasteiger partial charge in [-0.05, 0) is 37.1 Å². The van der Waals surface area contributed by atoms with Gasteiger partial charge in [-0.1, -0.05) is 12.1 Å². The Bertz CT molecular complexity index is 372. The second-order valence-electron chi connectivity index (χ2n) is 4.00. The Morgan fingerprint density at radius 1 is 1.33 bits per heavy atom. The monoisotopic (exact) mass is 202 g/mol. The minimum Gasteiger partial charge on any atom is -0.384 e. The molecule has 15 heavy (non-hydrogen) atoms. The van der Waals surface area contributed by atoms with Gasteiger partial charge < -0.3 is 10.4 Å². The van der Waals surface area contributed by atoms with Gasteiger partial charge in [0.05, 0.1) is 11.6 Å². The smallest absolute Gasteiger partial charge is 0.102 e. The molecule has 1 aliphatic heterocycles. The molecule has 1 unspecified atom stereocenters. The molecule has 1 aliphatic rings. The van der Waals surface area contributed by atoms with Gasteiger partial charge in [0.2, 0.25) is 0 Å². The van der Waals surface area contributed by atoms with Crippen molar-refractivity contribution < 1.29 is 5.11 Å². The summed E-state index contributed by atoms with van der Waals surface area (Å²) in [5, 5.41) is 22.2. The van der Waals surface area contributed by atoms with Crippen molar-refractivity contribution in [3.8, 4) is 6.07 Å². The summed E-state index contributed by atoms with van der Waals surface area (Å²) in [7, 11) is 0. The van der Waals surface area contributed by atoms with Crippen LogP contribution in [0.1, 0.15) is 24.0 Å². The van der Waals surface area contributed by atoms with E-state index in [1.807, 2.05) is 12.1 Å². The summed E-state index contributed by atoms with van der Waals surface area (Å²) >= 11 is 0. The Kier molecular flexibility index (Phi) is 2.72. The molecule has 78 valence electrons. The molecule has 1 aromatic carbocycles. The summed E-state index contributed by atoms with van der Waals surface area (Å²) in [5.41, 5.74) is 0.770. The summed E-state index contributed by atoms with van der Waals surface area (Å²) in [6.45, 7) is 1.57. The van der Waals surface area contributed by atoms with E-state index < -0.39 is 5.60 Å². The van der Waals surface area contributed by atoms with Crippen LogP contribution in [0.4, 0.5) is 0 Å². The zero-order valence-electron chi connectivity index (χ0n) is 8.53. The molecule has 3 heteroatoms. The predicted octanol–water partition coefficient (Wildman–Crippen LogP) is 1.13. The molecule has 0 bridgehead atoms. The van der Waals surface area contributed by atoms with E-state index in [0.717, 1.165) is 24.9 Å². The fourth-order valence-electron chi connectivity index (χ4n) is 1.99. The highest BCUT2D eigenvalue weighted by atomic mass is 16.3. The first-order valence-corrected chi connectivity index (χ1v) is 5.18. The van der Waals surface area contributed by atoms with E-state index in [1.165, 1.54) is 0 Å². The summed E-state index contributed by atoms with van der Waals surface area (Å²) in [5.74, 6) is 0. The van der Waals surface area contributed by atoms with Crippen LogP contribution in [-0.4, -0.2) is 18.2 Å². The summed E-state index contributed by atoms with van der Waals surface area (Å²) in [4.78, 5) is 0. The second kappa shape index (κ2) is 4.01. The number of nitriles is 1. The molecular formula is C12H14N2O. The van der Waals surface area contributed by atoms with Gasteiger partial charge in [-0.3, -0.25) is 0 Å². The van der Waals surface area contributed by atoms with E-state index in [0.29, 0.717) is 12.1 Å². The highest BCUT2D eigenvalue weighted by Gasteiger charge is 2.30. The maximum Gasteiger partial charge on any atom is 0.102 e. The van der Waals surface area contributed by atoms with Crippen molar-refractivity contribution in [2.24, 2.45) is 0 Å². The Labute approximate surface area is 89.4 Å². The Balaban J connectivity index is 2.24. The average molecular weight is 202 g/mol. The molecule has 1 saturated heterocycles. The van der Waals surface area contributed by atoms with Crippen LogP contribution in [0, 0.1) is 11.3 Å². The fraction of sp³-hybridized carbons (Fsp3) is 0.417. The maximum absolute atomic E-state index is 10.4. The van der Waals surface area contributed by atoms with Crippen molar-refractivity contribution in [3.05, 3.63) is 35.4 Å². The minimum absolute atomic E-state index is 0.596.